The van der Waals surface area contributed by atoms with Gasteiger partial charge in [-0.05, 0) is 51.1 Å². The predicted octanol–water partition coefficient (Wildman–Crippen LogP) is 3.96. The van der Waals surface area contributed by atoms with Crippen molar-refractivity contribution in [2.75, 3.05) is 7.05 Å². The molecule has 1 aromatic rings. The van der Waals surface area contributed by atoms with Gasteiger partial charge in [0, 0.05) is 12.2 Å². The Kier molecular flexibility index (Phi) is 6.08. The van der Waals surface area contributed by atoms with Gasteiger partial charge in [0.2, 0.25) is 0 Å². The second kappa shape index (κ2) is 7.82. The Bertz CT molecular complexity index is 381. The molecule has 0 spiro atoms. The van der Waals surface area contributed by atoms with Crippen molar-refractivity contribution in [3.63, 3.8) is 0 Å². The number of rotatable bonds is 6. The molecule has 3 nitrogen and oxygen atoms in total. The minimum atomic E-state index is 0.572. The van der Waals surface area contributed by atoms with Crippen molar-refractivity contribution in [1.29, 1.82) is 0 Å². The van der Waals surface area contributed by atoms with Crippen LogP contribution in [-0.2, 0) is 6.42 Å². The molecule has 1 N–H and O–H groups in total. The zero-order valence-corrected chi connectivity index (χ0v) is 13.4. The van der Waals surface area contributed by atoms with E-state index in [0.29, 0.717) is 12.1 Å². The van der Waals surface area contributed by atoms with Crippen LogP contribution in [0.2, 0.25) is 0 Å². The highest BCUT2D eigenvalue weighted by Gasteiger charge is 2.20. The van der Waals surface area contributed by atoms with Crippen LogP contribution in [0, 0.1) is 5.92 Å². The van der Waals surface area contributed by atoms with E-state index in [4.69, 9.17) is 5.10 Å². The van der Waals surface area contributed by atoms with Gasteiger partial charge in [-0.3, -0.25) is 4.68 Å². The number of nitrogens with zero attached hydrogens (tertiary/aromatic N) is 2. The van der Waals surface area contributed by atoms with Gasteiger partial charge in [-0.25, -0.2) is 0 Å². The van der Waals surface area contributed by atoms with Gasteiger partial charge in [-0.15, -0.1) is 0 Å². The highest BCUT2D eigenvalue weighted by atomic mass is 15.3. The van der Waals surface area contributed by atoms with E-state index in [0.717, 1.165) is 12.3 Å². The number of hydrogen-bond acceptors (Lipinski definition) is 2. The summed E-state index contributed by atoms with van der Waals surface area (Å²) in [6.45, 7) is 4.50. The lowest BCUT2D eigenvalue weighted by Crippen LogP contribution is -2.26. The Morgan fingerprint density at radius 1 is 1.30 bits per heavy atom. The van der Waals surface area contributed by atoms with Gasteiger partial charge >= 0.3 is 0 Å². The van der Waals surface area contributed by atoms with E-state index in [1.54, 1.807) is 0 Å². The first kappa shape index (κ1) is 15.6. The summed E-state index contributed by atoms with van der Waals surface area (Å²) in [5.74, 6) is 0.806. The predicted molar refractivity (Wildman–Crippen MR) is 85.0 cm³/mol. The minimum Gasteiger partial charge on any atom is -0.317 e. The van der Waals surface area contributed by atoms with Crippen LogP contribution in [-0.4, -0.2) is 22.9 Å². The van der Waals surface area contributed by atoms with E-state index in [9.17, 15) is 0 Å². The third-order valence-electron chi connectivity index (χ3n) is 4.92. The smallest absolute Gasteiger partial charge is 0.0627 e. The summed E-state index contributed by atoms with van der Waals surface area (Å²) in [7, 11) is 2.11. The fourth-order valence-corrected chi connectivity index (χ4v) is 3.56. The van der Waals surface area contributed by atoms with Gasteiger partial charge in [0.1, 0.15) is 0 Å². The Labute approximate surface area is 124 Å². The summed E-state index contributed by atoms with van der Waals surface area (Å²) in [6, 6.07) is 3.52. The second-order valence-electron chi connectivity index (χ2n) is 6.33. The summed E-state index contributed by atoms with van der Waals surface area (Å²) in [5.41, 5.74) is 1.29. The van der Waals surface area contributed by atoms with Crippen molar-refractivity contribution in [2.24, 2.45) is 5.92 Å². The van der Waals surface area contributed by atoms with Crippen molar-refractivity contribution in [2.45, 2.75) is 77.3 Å². The topological polar surface area (TPSA) is 29.9 Å². The van der Waals surface area contributed by atoms with Crippen LogP contribution in [0.25, 0.3) is 0 Å². The molecule has 3 heteroatoms. The van der Waals surface area contributed by atoms with E-state index >= 15 is 0 Å². The molecule has 1 aliphatic carbocycles. The maximum absolute atomic E-state index is 4.82. The number of aromatic nitrogens is 2. The summed E-state index contributed by atoms with van der Waals surface area (Å²) < 4.78 is 2.18. The molecule has 2 unspecified atom stereocenters. The molecule has 0 amide bonds. The summed E-state index contributed by atoms with van der Waals surface area (Å²) in [6.07, 6.45) is 12.5. The summed E-state index contributed by atoms with van der Waals surface area (Å²) in [4.78, 5) is 0. The van der Waals surface area contributed by atoms with Gasteiger partial charge in [-0.2, -0.15) is 5.10 Å². The second-order valence-corrected chi connectivity index (χ2v) is 6.33. The van der Waals surface area contributed by atoms with Crippen molar-refractivity contribution < 1.29 is 0 Å². The average molecular weight is 277 g/mol. The molecule has 0 saturated heterocycles. The highest BCUT2D eigenvalue weighted by Crippen LogP contribution is 2.26. The Balaban J connectivity index is 1.95. The molecule has 0 aliphatic heterocycles. The molecular formula is C17H31N3. The first-order chi connectivity index (χ1) is 9.76. The molecule has 1 fully saturated rings. The quantitative estimate of drug-likeness (QED) is 0.798. The minimum absolute atomic E-state index is 0.572. The lowest BCUT2D eigenvalue weighted by molar-refractivity contribution is 0.389. The molecule has 2 rings (SSSR count). The number of hydrogen-bond donors (Lipinski definition) is 1. The molecule has 114 valence electrons. The first-order valence-electron chi connectivity index (χ1n) is 8.48. The van der Waals surface area contributed by atoms with Crippen molar-refractivity contribution in [3.8, 4) is 0 Å². The van der Waals surface area contributed by atoms with Crippen LogP contribution < -0.4 is 5.32 Å². The van der Waals surface area contributed by atoms with Crippen molar-refractivity contribution in [3.05, 3.63) is 18.0 Å². The maximum atomic E-state index is 4.82. The molecule has 20 heavy (non-hydrogen) atoms. The van der Waals surface area contributed by atoms with Crippen LogP contribution in [0.5, 0.6) is 0 Å². The van der Waals surface area contributed by atoms with Gasteiger partial charge in [0.15, 0.2) is 0 Å². The lowest BCUT2D eigenvalue weighted by atomic mass is 9.93. The standard InChI is InChI=1S/C17H31N3/c1-4-17(5-2)20-11-10-16(19-20)13-14-8-6-7-9-15(12-14)18-3/h10-11,14-15,17-18H,4-9,12-13H2,1-3H3. The van der Waals surface area contributed by atoms with Crippen molar-refractivity contribution >= 4 is 0 Å². The van der Waals surface area contributed by atoms with Crippen molar-refractivity contribution in [1.82, 2.24) is 15.1 Å². The van der Waals surface area contributed by atoms with E-state index in [-0.39, 0.29) is 0 Å². The average Bonchev–Trinajstić information content (AvgIpc) is 2.79. The van der Waals surface area contributed by atoms with E-state index in [1.165, 1.54) is 50.6 Å². The maximum Gasteiger partial charge on any atom is 0.0627 e. The summed E-state index contributed by atoms with van der Waals surface area (Å²) in [5, 5.41) is 8.30. The largest absolute Gasteiger partial charge is 0.317 e. The first-order valence-corrected chi connectivity index (χ1v) is 8.48. The zero-order valence-electron chi connectivity index (χ0n) is 13.4. The van der Waals surface area contributed by atoms with Gasteiger partial charge in [-0.1, -0.05) is 33.1 Å². The van der Waals surface area contributed by atoms with Crippen LogP contribution >= 0.6 is 0 Å². The van der Waals surface area contributed by atoms with Crippen LogP contribution in [0.3, 0.4) is 0 Å². The molecule has 0 radical (unpaired) electrons. The highest BCUT2D eigenvalue weighted by molar-refractivity contribution is 5.01. The normalized spacial score (nSPS) is 24.0. The van der Waals surface area contributed by atoms with E-state index in [2.05, 4.69) is 43.2 Å². The van der Waals surface area contributed by atoms with Crippen LogP contribution in [0.1, 0.15) is 70.5 Å². The molecule has 0 aromatic carbocycles. The summed E-state index contributed by atoms with van der Waals surface area (Å²) >= 11 is 0. The zero-order chi connectivity index (χ0) is 14.4. The van der Waals surface area contributed by atoms with E-state index in [1.807, 2.05) is 0 Å². The fourth-order valence-electron chi connectivity index (χ4n) is 3.56. The van der Waals surface area contributed by atoms with Gasteiger partial charge in [0.05, 0.1) is 11.7 Å². The Morgan fingerprint density at radius 2 is 2.05 bits per heavy atom. The Hall–Kier alpha value is -0.830. The molecule has 1 saturated carbocycles. The molecule has 1 heterocycles. The van der Waals surface area contributed by atoms with Crippen LogP contribution in [0.4, 0.5) is 0 Å². The van der Waals surface area contributed by atoms with Crippen LogP contribution in [0.15, 0.2) is 12.3 Å². The van der Waals surface area contributed by atoms with Gasteiger partial charge < -0.3 is 5.32 Å². The molecular weight excluding hydrogens is 246 g/mol. The van der Waals surface area contributed by atoms with E-state index < -0.39 is 0 Å². The third-order valence-corrected chi connectivity index (χ3v) is 4.92. The number of nitrogens with one attached hydrogen (secondary N) is 1. The molecule has 2 atom stereocenters. The lowest BCUT2D eigenvalue weighted by Gasteiger charge is -2.18. The SMILES string of the molecule is CCC(CC)n1ccc(CC2CCCCC(NC)C2)n1. The van der Waals surface area contributed by atoms with Gasteiger partial charge in [0.25, 0.3) is 0 Å². The Morgan fingerprint density at radius 3 is 2.75 bits per heavy atom. The molecule has 1 aromatic heterocycles. The third kappa shape index (κ3) is 4.08. The molecule has 1 aliphatic rings. The molecule has 0 bridgehead atoms. The fraction of sp³-hybridized carbons (Fsp3) is 0.824. The monoisotopic (exact) mass is 277 g/mol.